The van der Waals surface area contributed by atoms with Gasteiger partial charge in [0.25, 0.3) is 0 Å². The summed E-state index contributed by atoms with van der Waals surface area (Å²) in [5.41, 5.74) is 9.81. The van der Waals surface area contributed by atoms with Gasteiger partial charge in [0.1, 0.15) is 4.99 Å². The van der Waals surface area contributed by atoms with Crippen LogP contribution in [0.25, 0.3) is 0 Å². The zero-order valence-electron chi connectivity index (χ0n) is 12.5. The summed E-state index contributed by atoms with van der Waals surface area (Å²) in [6, 6.07) is 2.08. The second-order valence-corrected chi connectivity index (χ2v) is 5.71. The first-order chi connectivity index (χ1) is 9.52. The lowest BCUT2D eigenvalue weighted by Crippen LogP contribution is -2.41. The first kappa shape index (κ1) is 15.2. The van der Waals surface area contributed by atoms with Gasteiger partial charge in [-0.1, -0.05) is 12.2 Å². The van der Waals surface area contributed by atoms with Crippen molar-refractivity contribution in [1.29, 1.82) is 0 Å². The fourth-order valence-corrected chi connectivity index (χ4v) is 3.14. The zero-order chi connectivity index (χ0) is 14.7. The number of hydrogen-bond acceptors (Lipinski definition) is 4. The number of aromatic nitrogens is 1. The Balaban J connectivity index is 2.33. The maximum Gasteiger partial charge on any atom is 0.107 e. The van der Waals surface area contributed by atoms with Crippen LogP contribution in [0.5, 0.6) is 0 Å². The van der Waals surface area contributed by atoms with E-state index in [9.17, 15) is 0 Å². The Hall–Kier alpha value is -1.20. The van der Waals surface area contributed by atoms with Crippen molar-refractivity contribution in [2.45, 2.75) is 39.7 Å². The number of nitrogens with zero attached hydrogens (tertiary/aromatic N) is 2. The van der Waals surface area contributed by atoms with Gasteiger partial charge < -0.3 is 15.4 Å². The van der Waals surface area contributed by atoms with Crippen molar-refractivity contribution in [3.63, 3.8) is 0 Å². The first-order valence-corrected chi connectivity index (χ1v) is 7.58. The minimum Gasteiger partial charge on any atom is -0.389 e. The molecule has 1 fully saturated rings. The normalized spacial score (nSPS) is 19.1. The summed E-state index contributed by atoms with van der Waals surface area (Å²) in [6.45, 7) is 8.68. The van der Waals surface area contributed by atoms with Gasteiger partial charge in [0.05, 0.1) is 17.4 Å². The van der Waals surface area contributed by atoms with Gasteiger partial charge >= 0.3 is 0 Å². The molecule has 2 rings (SSSR count). The monoisotopic (exact) mass is 293 g/mol. The Morgan fingerprint density at radius 3 is 2.95 bits per heavy atom. The molecule has 0 spiro atoms. The van der Waals surface area contributed by atoms with Crippen molar-refractivity contribution in [1.82, 2.24) is 4.98 Å². The minimum absolute atomic E-state index is 0.293. The van der Waals surface area contributed by atoms with Crippen LogP contribution in [0.2, 0.25) is 0 Å². The lowest BCUT2D eigenvalue weighted by Gasteiger charge is -2.35. The number of anilines is 1. The summed E-state index contributed by atoms with van der Waals surface area (Å²) in [5.74, 6) is 0. The van der Waals surface area contributed by atoms with Gasteiger partial charge in [-0.25, -0.2) is 0 Å². The highest BCUT2D eigenvalue weighted by molar-refractivity contribution is 7.80. The summed E-state index contributed by atoms with van der Waals surface area (Å²) in [7, 11) is 0. The Bertz CT molecular complexity index is 502. The van der Waals surface area contributed by atoms with Gasteiger partial charge in [-0.05, 0) is 39.7 Å². The number of nitrogens with two attached hydrogens (primary N) is 1. The summed E-state index contributed by atoms with van der Waals surface area (Å²) >= 11 is 5.21. The molecule has 0 bridgehead atoms. The number of pyridine rings is 1. The highest BCUT2D eigenvalue weighted by atomic mass is 32.1. The van der Waals surface area contributed by atoms with E-state index >= 15 is 0 Å². The molecule has 1 aromatic heterocycles. The summed E-state index contributed by atoms with van der Waals surface area (Å²) in [6.07, 6.45) is 2.54. The van der Waals surface area contributed by atoms with E-state index in [0.29, 0.717) is 11.1 Å². The highest BCUT2D eigenvalue weighted by Crippen LogP contribution is 2.27. The molecule has 1 atom stereocenters. The van der Waals surface area contributed by atoms with Crippen molar-refractivity contribution < 1.29 is 4.74 Å². The molecule has 0 amide bonds. The highest BCUT2D eigenvalue weighted by Gasteiger charge is 2.24. The SMILES string of the molecule is CCOC1CCCN(c2cc(C)nc(C)c2C(N)=S)C1. The third-order valence-electron chi connectivity index (χ3n) is 3.68. The van der Waals surface area contributed by atoms with E-state index in [1.165, 1.54) is 0 Å². The van der Waals surface area contributed by atoms with Crippen molar-refractivity contribution >= 4 is 22.9 Å². The number of thiocarbonyl (C=S) groups is 1. The van der Waals surface area contributed by atoms with Crippen LogP contribution in [0, 0.1) is 13.8 Å². The molecule has 1 aliphatic rings. The molecule has 110 valence electrons. The van der Waals surface area contributed by atoms with Crippen molar-refractivity contribution in [2.24, 2.45) is 5.73 Å². The fraction of sp³-hybridized carbons (Fsp3) is 0.600. The van der Waals surface area contributed by atoms with Gasteiger partial charge in [-0.15, -0.1) is 0 Å². The molecule has 2 N–H and O–H groups in total. The van der Waals surface area contributed by atoms with Gasteiger partial charge in [0.15, 0.2) is 0 Å². The summed E-state index contributed by atoms with van der Waals surface area (Å²) < 4.78 is 5.77. The molecule has 5 heteroatoms. The lowest BCUT2D eigenvalue weighted by molar-refractivity contribution is 0.0526. The standard InChI is InChI=1S/C15H23N3OS/c1-4-19-12-6-5-7-18(9-12)13-8-10(2)17-11(3)14(13)15(16)20/h8,12H,4-7,9H2,1-3H3,(H2,16,20). The van der Waals surface area contributed by atoms with Crippen LogP contribution in [0.4, 0.5) is 5.69 Å². The van der Waals surface area contributed by atoms with E-state index in [1.54, 1.807) is 0 Å². The summed E-state index contributed by atoms with van der Waals surface area (Å²) in [4.78, 5) is 7.23. The second-order valence-electron chi connectivity index (χ2n) is 5.27. The number of ether oxygens (including phenoxy) is 1. The van der Waals surface area contributed by atoms with Crippen molar-refractivity contribution in [3.8, 4) is 0 Å². The van der Waals surface area contributed by atoms with Gasteiger partial charge in [0.2, 0.25) is 0 Å². The first-order valence-electron chi connectivity index (χ1n) is 7.17. The molecule has 20 heavy (non-hydrogen) atoms. The van der Waals surface area contributed by atoms with E-state index in [4.69, 9.17) is 22.7 Å². The van der Waals surface area contributed by atoms with E-state index in [2.05, 4.69) is 16.0 Å². The minimum atomic E-state index is 0.293. The predicted molar refractivity (Wildman–Crippen MR) is 86.5 cm³/mol. The smallest absolute Gasteiger partial charge is 0.107 e. The molecule has 2 heterocycles. The van der Waals surface area contributed by atoms with Crippen LogP contribution >= 0.6 is 12.2 Å². The number of aryl methyl sites for hydroxylation is 2. The largest absolute Gasteiger partial charge is 0.389 e. The van der Waals surface area contributed by atoms with Crippen molar-refractivity contribution in [2.75, 3.05) is 24.6 Å². The maximum absolute atomic E-state index is 5.90. The molecule has 0 radical (unpaired) electrons. The Morgan fingerprint density at radius 2 is 2.30 bits per heavy atom. The average molecular weight is 293 g/mol. The molecule has 1 aliphatic heterocycles. The molecule has 0 aromatic carbocycles. The predicted octanol–water partition coefficient (Wildman–Crippen LogP) is 2.34. The van der Waals surface area contributed by atoms with Gasteiger partial charge in [-0.2, -0.15) is 0 Å². The topological polar surface area (TPSA) is 51.4 Å². The van der Waals surface area contributed by atoms with E-state index < -0.39 is 0 Å². The Kier molecular flexibility index (Phi) is 4.94. The van der Waals surface area contributed by atoms with Crippen LogP contribution in [-0.2, 0) is 4.74 Å². The van der Waals surface area contributed by atoms with Crippen molar-refractivity contribution in [3.05, 3.63) is 23.0 Å². The van der Waals surface area contributed by atoms with Crippen LogP contribution in [0.15, 0.2) is 6.07 Å². The van der Waals surface area contributed by atoms with Gasteiger partial charge in [-0.3, -0.25) is 4.98 Å². The molecule has 1 saturated heterocycles. The third-order valence-corrected chi connectivity index (χ3v) is 3.88. The number of hydrogen-bond donors (Lipinski definition) is 1. The maximum atomic E-state index is 5.90. The van der Waals surface area contributed by atoms with Crippen LogP contribution < -0.4 is 10.6 Å². The number of rotatable bonds is 4. The number of piperidine rings is 1. The lowest BCUT2D eigenvalue weighted by atomic mass is 10.0. The van der Waals surface area contributed by atoms with Crippen LogP contribution in [0.3, 0.4) is 0 Å². The summed E-state index contributed by atoms with van der Waals surface area (Å²) in [5, 5.41) is 0. The van der Waals surface area contributed by atoms with E-state index in [0.717, 1.165) is 55.2 Å². The average Bonchev–Trinajstić information content (AvgIpc) is 2.38. The fourth-order valence-electron chi connectivity index (χ4n) is 2.89. The molecular weight excluding hydrogens is 270 g/mol. The zero-order valence-corrected chi connectivity index (χ0v) is 13.3. The second kappa shape index (κ2) is 6.50. The van der Waals surface area contributed by atoms with Crippen LogP contribution in [-0.4, -0.2) is 35.8 Å². The van der Waals surface area contributed by atoms with E-state index in [-0.39, 0.29) is 0 Å². The molecule has 0 aliphatic carbocycles. The Labute approximate surface area is 126 Å². The van der Waals surface area contributed by atoms with E-state index in [1.807, 2.05) is 20.8 Å². The molecule has 0 saturated carbocycles. The molecule has 1 unspecified atom stereocenters. The molecular formula is C15H23N3OS. The van der Waals surface area contributed by atoms with Crippen LogP contribution in [0.1, 0.15) is 36.7 Å². The third kappa shape index (κ3) is 3.27. The molecule has 1 aromatic rings. The van der Waals surface area contributed by atoms with Gasteiger partial charge in [0, 0.05) is 31.1 Å². The Morgan fingerprint density at radius 1 is 1.55 bits per heavy atom. The molecule has 4 nitrogen and oxygen atoms in total. The quantitative estimate of drug-likeness (QED) is 0.864.